The van der Waals surface area contributed by atoms with Gasteiger partial charge in [-0.25, -0.2) is 0 Å². The van der Waals surface area contributed by atoms with Crippen molar-refractivity contribution in [2.75, 3.05) is 11.4 Å². The smallest absolute Gasteiger partial charge is 0.0906 e. The Morgan fingerprint density at radius 1 is 1.21 bits per heavy atom. The standard InChI is InChI=1S/C15H15N3O/c19-17-14-7-9-18(11-12-4-3-8-16-10-12)15-6-2-1-5-13(14)15/h1-6,8,10,19H,7,9,11H2. The minimum atomic E-state index is 0.758. The lowest BCUT2D eigenvalue weighted by Crippen LogP contribution is -2.31. The van der Waals surface area contributed by atoms with Crippen LogP contribution in [0.3, 0.4) is 0 Å². The Balaban J connectivity index is 1.93. The Kier molecular flexibility index (Phi) is 3.14. The number of hydrogen-bond acceptors (Lipinski definition) is 4. The van der Waals surface area contributed by atoms with Gasteiger partial charge in [0.25, 0.3) is 0 Å². The van der Waals surface area contributed by atoms with Gasteiger partial charge in [-0.3, -0.25) is 4.98 Å². The predicted octanol–water partition coefficient (Wildman–Crippen LogP) is 2.67. The van der Waals surface area contributed by atoms with Crippen molar-refractivity contribution >= 4 is 11.4 Å². The number of para-hydroxylation sites is 1. The van der Waals surface area contributed by atoms with Gasteiger partial charge in [-0.15, -0.1) is 0 Å². The third kappa shape index (κ3) is 2.29. The molecule has 0 fully saturated rings. The summed E-state index contributed by atoms with van der Waals surface area (Å²) in [6.07, 6.45) is 4.43. The van der Waals surface area contributed by atoms with Crippen molar-refractivity contribution in [2.24, 2.45) is 5.16 Å². The molecule has 0 radical (unpaired) electrons. The summed E-state index contributed by atoms with van der Waals surface area (Å²) in [6, 6.07) is 12.1. The number of rotatable bonds is 2. The molecule has 0 amide bonds. The Hall–Kier alpha value is -2.36. The molecule has 0 saturated heterocycles. The van der Waals surface area contributed by atoms with Crippen molar-refractivity contribution in [2.45, 2.75) is 13.0 Å². The van der Waals surface area contributed by atoms with E-state index in [0.29, 0.717) is 0 Å². The van der Waals surface area contributed by atoms with E-state index >= 15 is 0 Å². The quantitative estimate of drug-likeness (QED) is 0.661. The summed E-state index contributed by atoms with van der Waals surface area (Å²) in [5.41, 5.74) is 4.07. The Labute approximate surface area is 112 Å². The van der Waals surface area contributed by atoms with Crippen LogP contribution in [0, 0.1) is 0 Å². The van der Waals surface area contributed by atoms with Gasteiger partial charge in [-0.1, -0.05) is 29.4 Å². The van der Waals surface area contributed by atoms with Crippen LogP contribution >= 0.6 is 0 Å². The highest BCUT2D eigenvalue weighted by Gasteiger charge is 2.21. The Bertz CT molecular complexity index is 595. The monoisotopic (exact) mass is 253 g/mol. The van der Waals surface area contributed by atoms with E-state index in [-0.39, 0.29) is 0 Å². The number of anilines is 1. The highest BCUT2D eigenvalue weighted by molar-refractivity contribution is 6.06. The molecule has 19 heavy (non-hydrogen) atoms. The molecule has 1 N–H and O–H groups in total. The summed E-state index contributed by atoms with van der Waals surface area (Å²) >= 11 is 0. The highest BCUT2D eigenvalue weighted by atomic mass is 16.4. The summed E-state index contributed by atoms with van der Waals surface area (Å²) in [7, 11) is 0. The minimum absolute atomic E-state index is 0.758. The molecule has 0 spiro atoms. The molecule has 0 unspecified atom stereocenters. The zero-order valence-electron chi connectivity index (χ0n) is 10.5. The summed E-state index contributed by atoms with van der Waals surface area (Å²) < 4.78 is 0. The van der Waals surface area contributed by atoms with Crippen LogP contribution in [-0.4, -0.2) is 22.4 Å². The number of nitrogens with zero attached hydrogens (tertiary/aromatic N) is 3. The third-order valence-corrected chi connectivity index (χ3v) is 3.39. The molecule has 1 aromatic carbocycles. The molecule has 1 aliphatic heterocycles. The number of aromatic nitrogens is 1. The van der Waals surface area contributed by atoms with Crippen LogP contribution in [0.4, 0.5) is 5.69 Å². The van der Waals surface area contributed by atoms with E-state index < -0.39 is 0 Å². The first-order valence-electron chi connectivity index (χ1n) is 6.32. The maximum absolute atomic E-state index is 9.07. The van der Waals surface area contributed by atoms with E-state index in [4.69, 9.17) is 5.21 Å². The van der Waals surface area contributed by atoms with Crippen LogP contribution < -0.4 is 4.90 Å². The van der Waals surface area contributed by atoms with Gasteiger partial charge < -0.3 is 10.1 Å². The largest absolute Gasteiger partial charge is 0.411 e. The molecular formula is C15H15N3O. The van der Waals surface area contributed by atoms with Gasteiger partial charge >= 0.3 is 0 Å². The van der Waals surface area contributed by atoms with E-state index in [9.17, 15) is 0 Å². The summed E-state index contributed by atoms with van der Waals surface area (Å²) in [4.78, 5) is 6.44. The second-order valence-electron chi connectivity index (χ2n) is 4.60. The van der Waals surface area contributed by atoms with E-state index in [1.54, 1.807) is 6.20 Å². The second-order valence-corrected chi connectivity index (χ2v) is 4.60. The van der Waals surface area contributed by atoms with Crippen molar-refractivity contribution in [3.63, 3.8) is 0 Å². The summed E-state index contributed by atoms with van der Waals surface area (Å²) in [5.74, 6) is 0. The van der Waals surface area contributed by atoms with E-state index in [1.165, 1.54) is 5.56 Å². The fourth-order valence-corrected chi connectivity index (χ4v) is 2.47. The third-order valence-electron chi connectivity index (χ3n) is 3.39. The van der Waals surface area contributed by atoms with Crippen molar-refractivity contribution in [1.29, 1.82) is 0 Å². The van der Waals surface area contributed by atoms with E-state index in [1.807, 2.05) is 30.5 Å². The second kappa shape index (κ2) is 5.10. The van der Waals surface area contributed by atoms with Crippen LogP contribution in [0.1, 0.15) is 17.5 Å². The number of oxime groups is 1. The lowest BCUT2D eigenvalue weighted by Gasteiger charge is -2.31. The van der Waals surface area contributed by atoms with Crippen molar-refractivity contribution in [3.8, 4) is 0 Å². The zero-order valence-corrected chi connectivity index (χ0v) is 10.5. The predicted molar refractivity (Wildman–Crippen MR) is 74.7 cm³/mol. The minimum Gasteiger partial charge on any atom is -0.411 e. The molecule has 4 nitrogen and oxygen atoms in total. The van der Waals surface area contributed by atoms with Gasteiger partial charge in [0.15, 0.2) is 0 Å². The topological polar surface area (TPSA) is 48.7 Å². The Morgan fingerprint density at radius 3 is 2.89 bits per heavy atom. The van der Waals surface area contributed by atoms with Gasteiger partial charge in [0.2, 0.25) is 0 Å². The SMILES string of the molecule is ON=C1CCN(Cc2cccnc2)c2ccccc21. The molecule has 3 rings (SSSR count). The number of benzene rings is 1. The van der Waals surface area contributed by atoms with Crippen LogP contribution in [0.25, 0.3) is 0 Å². The maximum atomic E-state index is 9.07. The summed E-state index contributed by atoms with van der Waals surface area (Å²) in [6.45, 7) is 1.68. The lowest BCUT2D eigenvalue weighted by atomic mass is 9.99. The molecule has 0 saturated carbocycles. The molecule has 2 heterocycles. The first-order valence-corrected chi connectivity index (χ1v) is 6.32. The number of pyridine rings is 1. The van der Waals surface area contributed by atoms with Gasteiger partial charge in [0, 0.05) is 43.2 Å². The van der Waals surface area contributed by atoms with Crippen LogP contribution in [-0.2, 0) is 6.54 Å². The first kappa shape index (κ1) is 11.7. The molecule has 4 heteroatoms. The molecule has 2 aromatic rings. The van der Waals surface area contributed by atoms with E-state index in [0.717, 1.165) is 36.5 Å². The van der Waals surface area contributed by atoms with Gasteiger partial charge in [-0.2, -0.15) is 0 Å². The lowest BCUT2D eigenvalue weighted by molar-refractivity contribution is 0.317. The molecule has 0 aliphatic carbocycles. The molecule has 1 aliphatic rings. The molecule has 96 valence electrons. The van der Waals surface area contributed by atoms with Crippen molar-refractivity contribution < 1.29 is 5.21 Å². The van der Waals surface area contributed by atoms with Gasteiger partial charge in [0.1, 0.15) is 0 Å². The average molecular weight is 253 g/mol. The number of hydrogen-bond donors (Lipinski definition) is 1. The molecule has 0 bridgehead atoms. The fourth-order valence-electron chi connectivity index (χ4n) is 2.47. The molecular weight excluding hydrogens is 238 g/mol. The van der Waals surface area contributed by atoms with Crippen LogP contribution in [0.2, 0.25) is 0 Å². The van der Waals surface area contributed by atoms with Gasteiger partial charge in [-0.05, 0) is 17.7 Å². The van der Waals surface area contributed by atoms with Crippen LogP contribution in [0.5, 0.6) is 0 Å². The Morgan fingerprint density at radius 2 is 2.11 bits per heavy atom. The van der Waals surface area contributed by atoms with Crippen molar-refractivity contribution in [1.82, 2.24) is 4.98 Å². The normalized spacial score (nSPS) is 16.4. The fraction of sp³-hybridized carbons (Fsp3) is 0.200. The zero-order chi connectivity index (χ0) is 13.1. The highest BCUT2D eigenvalue weighted by Crippen LogP contribution is 2.28. The van der Waals surface area contributed by atoms with Crippen LogP contribution in [0.15, 0.2) is 53.9 Å². The van der Waals surface area contributed by atoms with Crippen molar-refractivity contribution in [3.05, 3.63) is 59.9 Å². The average Bonchev–Trinajstić information content (AvgIpc) is 2.49. The maximum Gasteiger partial charge on any atom is 0.0906 e. The first-order chi connectivity index (χ1) is 9.38. The molecule has 0 atom stereocenters. The molecule has 1 aromatic heterocycles. The van der Waals surface area contributed by atoms with E-state index in [2.05, 4.69) is 27.2 Å². The number of fused-ring (bicyclic) bond motifs is 1. The summed E-state index contributed by atoms with van der Waals surface area (Å²) in [5, 5.41) is 12.5. The van der Waals surface area contributed by atoms with Gasteiger partial charge in [0.05, 0.1) is 5.71 Å².